The van der Waals surface area contributed by atoms with Crippen LogP contribution in [0.2, 0.25) is 0 Å². The first-order chi connectivity index (χ1) is 17.3. The predicted octanol–water partition coefficient (Wildman–Crippen LogP) is 3.89. The van der Waals surface area contributed by atoms with Gasteiger partial charge >= 0.3 is 12.1 Å². The third-order valence-electron chi connectivity index (χ3n) is 6.52. The summed E-state index contributed by atoms with van der Waals surface area (Å²) in [5.74, 6) is -1.31. The first-order valence-electron chi connectivity index (χ1n) is 11.8. The quantitative estimate of drug-likeness (QED) is 0.277. The molecule has 0 spiro atoms. The Morgan fingerprint density at radius 2 is 1.86 bits per heavy atom. The maximum atomic E-state index is 13.0. The summed E-state index contributed by atoms with van der Waals surface area (Å²) >= 11 is 18.4. The lowest BCUT2D eigenvalue weighted by atomic mass is 9.96. The third kappa shape index (κ3) is 6.41. The van der Waals surface area contributed by atoms with Crippen molar-refractivity contribution in [3.63, 3.8) is 0 Å². The third-order valence-corrected chi connectivity index (χ3v) is 8.42. The fraction of sp³-hybridized carbons (Fsp3) is 0.583. The maximum absolute atomic E-state index is 13.0. The summed E-state index contributed by atoms with van der Waals surface area (Å²) in [6.07, 6.45) is 1.14. The van der Waals surface area contributed by atoms with Crippen LogP contribution in [0.15, 0.2) is 30.3 Å². The van der Waals surface area contributed by atoms with Crippen LogP contribution in [-0.4, -0.2) is 74.0 Å². The predicted molar refractivity (Wildman–Crippen MR) is 142 cm³/mol. The van der Waals surface area contributed by atoms with Gasteiger partial charge in [0.1, 0.15) is 36.7 Å². The summed E-state index contributed by atoms with van der Waals surface area (Å²) in [4.78, 5) is 54.3. The van der Waals surface area contributed by atoms with Crippen LogP contribution in [0, 0.1) is 5.92 Å². The molecule has 0 bridgehead atoms. The van der Waals surface area contributed by atoms with Crippen LogP contribution in [0.1, 0.15) is 33.6 Å². The van der Waals surface area contributed by atoms with Crippen molar-refractivity contribution < 1.29 is 28.7 Å². The van der Waals surface area contributed by atoms with Gasteiger partial charge < -0.3 is 19.7 Å². The molecule has 13 heteroatoms. The van der Waals surface area contributed by atoms with Crippen LogP contribution >= 0.6 is 46.6 Å². The number of carbonyl (C=O) groups excluding carboxylic acids is 4. The summed E-state index contributed by atoms with van der Waals surface area (Å²) in [5, 5.41) is 2.24. The molecule has 1 N–H and O–H groups in total. The van der Waals surface area contributed by atoms with E-state index in [4.69, 9.17) is 44.3 Å². The van der Waals surface area contributed by atoms with Crippen LogP contribution in [-0.2, 0) is 23.9 Å². The molecule has 4 rings (SSSR count). The Bertz CT molecular complexity index is 1070. The van der Waals surface area contributed by atoms with Crippen molar-refractivity contribution in [1.29, 1.82) is 0 Å². The monoisotopic (exact) mass is 591 g/mol. The lowest BCUT2D eigenvalue weighted by Gasteiger charge is -2.44. The number of hydrogen-bond donors (Lipinski definition) is 1. The minimum atomic E-state index is -1.78. The Hall–Kier alpha value is -1.88. The lowest BCUT2D eigenvalue weighted by Crippen LogP contribution is -2.71. The SMILES string of the molecule is CC(OC(=O)N(CC(=O)NC1C(=O)N2C(C(=O)OCC(Cl)(Cl)Cl)C(C)(C)S[C@@H]12)c1ccccc1)C1CC1. The van der Waals surface area contributed by atoms with Crippen molar-refractivity contribution in [1.82, 2.24) is 10.2 Å². The zero-order valence-electron chi connectivity index (χ0n) is 20.5. The number of anilines is 1. The van der Waals surface area contributed by atoms with E-state index < -0.39 is 56.5 Å². The fourth-order valence-corrected chi connectivity index (χ4v) is 6.26. The zero-order chi connectivity index (χ0) is 27.1. The Balaban J connectivity index is 1.41. The number of ether oxygens (including phenoxy) is 2. The van der Waals surface area contributed by atoms with Crippen LogP contribution < -0.4 is 10.2 Å². The second kappa shape index (κ2) is 10.7. The van der Waals surface area contributed by atoms with E-state index >= 15 is 0 Å². The van der Waals surface area contributed by atoms with Gasteiger partial charge in [-0.3, -0.25) is 14.5 Å². The molecule has 1 aromatic rings. The molecule has 1 saturated carbocycles. The number of esters is 1. The van der Waals surface area contributed by atoms with E-state index in [1.807, 2.05) is 6.92 Å². The number of amides is 3. The molecular weight excluding hydrogens is 565 g/mol. The van der Waals surface area contributed by atoms with Gasteiger partial charge in [0.25, 0.3) is 0 Å². The largest absolute Gasteiger partial charge is 0.460 e. The van der Waals surface area contributed by atoms with E-state index in [0.29, 0.717) is 11.6 Å². The minimum Gasteiger partial charge on any atom is -0.460 e. The molecule has 202 valence electrons. The molecule has 1 aliphatic carbocycles. The fourth-order valence-electron chi connectivity index (χ4n) is 4.47. The summed E-state index contributed by atoms with van der Waals surface area (Å²) in [7, 11) is 0. The number of rotatable bonds is 8. The smallest absolute Gasteiger partial charge is 0.415 e. The van der Waals surface area contributed by atoms with Crippen molar-refractivity contribution in [3.05, 3.63) is 30.3 Å². The molecule has 2 aliphatic heterocycles. The number of para-hydroxylation sites is 1. The normalized spacial score (nSPS) is 25.0. The molecule has 3 fully saturated rings. The molecule has 0 aromatic heterocycles. The average Bonchev–Trinajstić information content (AvgIpc) is 3.64. The van der Waals surface area contributed by atoms with Gasteiger partial charge in [-0.05, 0) is 51.7 Å². The van der Waals surface area contributed by atoms with Gasteiger partial charge in [0.2, 0.25) is 15.6 Å². The zero-order valence-corrected chi connectivity index (χ0v) is 23.6. The number of hydrogen-bond acceptors (Lipinski definition) is 7. The van der Waals surface area contributed by atoms with Crippen LogP contribution in [0.3, 0.4) is 0 Å². The summed E-state index contributed by atoms with van der Waals surface area (Å²) in [6.45, 7) is 4.66. The standard InChI is InChI=1S/C24H28Cl3N3O6S/c1-13(14-9-10-14)36-22(34)29(15-7-5-4-6-8-15)11-16(31)28-17-19(32)30-18(23(2,3)37-20(17)30)21(33)35-12-24(25,26)27/h4-8,13-14,17-18,20H,9-12H2,1-3H3,(H,28,31)/t13?,17?,18?,20-/m0/s1. The molecule has 2 saturated heterocycles. The van der Waals surface area contributed by atoms with Crippen molar-refractivity contribution in [2.75, 3.05) is 18.1 Å². The molecule has 1 aromatic carbocycles. The lowest BCUT2D eigenvalue weighted by molar-refractivity contribution is -0.164. The van der Waals surface area contributed by atoms with Crippen molar-refractivity contribution >= 4 is 76.1 Å². The van der Waals surface area contributed by atoms with Gasteiger partial charge in [0, 0.05) is 10.4 Å². The van der Waals surface area contributed by atoms with E-state index in [0.717, 1.165) is 12.8 Å². The number of carbonyl (C=O) groups is 4. The highest BCUT2D eigenvalue weighted by atomic mass is 35.6. The molecule has 3 aliphatic rings. The summed E-state index contributed by atoms with van der Waals surface area (Å²) in [5.41, 5.74) is 0.500. The van der Waals surface area contributed by atoms with E-state index in [-0.39, 0.29) is 12.6 Å². The number of nitrogens with zero attached hydrogens (tertiary/aromatic N) is 2. The van der Waals surface area contributed by atoms with Crippen LogP contribution in [0.25, 0.3) is 0 Å². The number of thioether (sulfide) groups is 1. The Kier molecular flexibility index (Phi) is 8.14. The van der Waals surface area contributed by atoms with Crippen LogP contribution in [0.4, 0.5) is 10.5 Å². The maximum Gasteiger partial charge on any atom is 0.415 e. The molecule has 37 heavy (non-hydrogen) atoms. The molecule has 3 unspecified atom stereocenters. The van der Waals surface area contributed by atoms with Gasteiger partial charge in [0.15, 0.2) is 0 Å². The molecule has 0 radical (unpaired) electrons. The molecule has 3 amide bonds. The number of β-lactam (4-membered cyclic amide) rings is 1. The van der Waals surface area contributed by atoms with Crippen molar-refractivity contribution in [3.8, 4) is 0 Å². The average molecular weight is 593 g/mol. The van der Waals surface area contributed by atoms with Crippen LogP contribution in [0.5, 0.6) is 0 Å². The summed E-state index contributed by atoms with van der Waals surface area (Å²) < 4.78 is 8.25. The topological polar surface area (TPSA) is 105 Å². The number of fused-ring (bicyclic) bond motifs is 1. The van der Waals surface area contributed by atoms with E-state index in [9.17, 15) is 19.2 Å². The van der Waals surface area contributed by atoms with Gasteiger partial charge in [-0.1, -0.05) is 53.0 Å². The molecule has 4 atom stereocenters. The molecule has 2 heterocycles. The second-order valence-electron chi connectivity index (χ2n) is 9.88. The number of nitrogens with one attached hydrogen (secondary N) is 1. The molecular formula is C24H28Cl3N3O6S. The highest BCUT2D eigenvalue weighted by Crippen LogP contribution is 2.51. The summed E-state index contributed by atoms with van der Waals surface area (Å²) in [6, 6.07) is 6.95. The highest BCUT2D eigenvalue weighted by molar-refractivity contribution is 8.01. The number of halogens is 3. The van der Waals surface area contributed by atoms with Gasteiger partial charge in [-0.25, -0.2) is 9.59 Å². The van der Waals surface area contributed by atoms with E-state index in [2.05, 4.69) is 5.32 Å². The van der Waals surface area contributed by atoms with Crippen molar-refractivity contribution in [2.24, 2.45) is 5.92 Å². The van der Waals surface area contributed by atoms with Gasteiger partial charge in [0.05, 0.1) is 0 Å². The first kappa shape index (κ1) is 28.1. The van der Waals surface area contributed by atoms with Crippen molar-refractivity contribution in [2.45, 2.75) is 65.7 Å². The first-order valence-corrected chi connectivity index (χ1v) is 13.9. The Morgan fingerprint density at radius 3 is 2.46 bits per heavy atom. The Morgan fingerprint density at radius 1 is 1.22 bits per heavy atom. The Labute approximate surface area is 234 Å². The van der Waals surface area contributed by atoms with E-state index in [1.54, 1.807) is 44.2 Å². The van der Waals surface area contributed by atoms with Gasteiger partial charge in [-0.2, -0.15) is 0 Å². The van der Waals surface area contributed by atoms with E-state index in [1.165, 1.54) is 21.6 Å². The van der Waals surface area contributed by atoms with Gasteiger partial charge in [-0.15, -0.1) is 11.8 Å². The number of benzene rings is 1. The second-order valence-corrected chi connectivity index (χ2v) is 14.2. The number of alkyl halides is 3. The molecule has 9 nitrogen and oxygen atoms in total. The minimum absolute atomic E-state index is 0.251. The highest BCUT2D eigenvalue weighted by Gasteiger charge is 2.64.